The normalized spacial score (nSPS) is 25.9. The summed E-state index contributed by atoms with van der Waals surface area (Å²) in [5.41, 5.74) is 0. The van der Waals surface area contributed by atoms with Crippen molar-refractivity contribution in [1.29, 1.82) is 0 Å². The van der Waals surface area contributed by atoms with Crippen molar-refractivity contribution in [3.63, 3.8) is 0 Å². The van der Waals surface area contributed by atoms with Crippen LogP contribution in [-0.2, 0) is 18.6 Å². The van der Waals surface area contributed by atoms with E-state index in [2.05, 4.69) is 4.52 Å². The molecule has 0 spiro atoms. The average molecular weight is 278 g/mol. The summed E-state index contributed by atoms with van der Waals surface area (Å²) in [6.07, 6.45) is 4.24. The lowest BCUT2D eigenvalue weighted by molar-refractivity contribution is -0.149. The molecule has 0 aromatic rings. The number of carbonyl (C=O) groups excluding carboxylic acids is 1. The Morgan fingerprint density at radius 1 is 1.56 bits per heavy atom. The minimum atomic E-state index is -4.38. The number of rotatable bonds is 6. The Balaban J connectivity index is 2.32. The molecule has 1 rings (SSSR count). The van der Waals surface area contributed by atoms with Crippen LogP contribution in [-0.4, -0.2) is 28.5 Å². The van der Waals surface area contributed by atoms with E-state index < -0.39 is 7.82 Å². The van der Waals surface area contributed by atoms with E-state index >= 15 is 0 Å². The maximum absolute atomic E-state index is 11.1. The van der Waals surface area contributed by atoms with Crippen molar-refractivity contribution in [2.24, 2.45) is 11.8 Å². The van der Waals surface area contributed by atoms with Crippen LogP contribution in [0, 0.1) is 11.8 Å². The number of carbonyl (C=O) groups is 1. The predicted molar refractivity (Wildman–Crippen MR) is 64.6 cm³/mol. The molecule has 1 aliphatic heterocycles. The van der Waals surface area contributed by atoms with E-state index in [1.54, 1.807) is 0 Å². The van der Waals surface area contributed by atoms with Crippen molar-refractivity contribution in [3.05, 3.63) is 12.2 Å². The molecule has 1 aliphatic rings. The lowest BCUT2D eigenvalue weighted by Crippen LogP contribution is -2.33. The molecule has 3 atom stereocenters. The van der Waals surface area contributed by atoms with Crippen molar-refractivity contribution in [3.8, 4) is 0 Å². The SMILES string of the molecule is C[C@H]1C=CC(=O)O[C@H]1[C@@H](C)CCCOP(=O)(O)O. The number of phosphoric ester groups is 1. The molecule has 0 unspecified atom stereocenters. The zero-order valence-corrected chi connectivity index (χ0v) is 11.4. The summed E-state index contributed by atoms with van der Waals surface area (Å²) in [5.74, 6) is -0.0638. The number of phosphoric acid groups is 1. The second-order valence-electron chi connectivity index (χ2n) is 4.56. The molecular weight excluding hydrogens is 259 g/mol. The van der Waals surface area contributed by atoms with Gasteiger partial charge < -0.3 is 14.5 Å². The van der Waals surface area contributed by atoms with Crippen LogP contribution in [0.25, 0.3) is 0 Å². The fraction of sp³-hybridized carbons (Fsp3) is 0.727. The molecule has 7 heteroatoms. The third kappa shape index (κ3) is 5.31. The fourth-order valence-corrected chi connectivity index (χ4v) is 2.37. The zero-order chi connectivity index (χ0) is 13.8. The molecule has 0 aromatic heterocycles. The Labute approximate surface area is 106 Å². The van der Waals surface area contributed by atoms with E-state index in [9.17, 15) is 9.36 Å². The van der Waals surface area contributed by atoms with E-state index in [0.29, 0.717) is 12.8 Å². The Morgan fingerprint density at radius 2 is 2.22 bits per heavy atom. The van der Waals surface area contributed by atoms with Crippen LogP contribution in [0.3, 0.4) is 0 Å². The van der Waals surface area contributed by atoms with Gasteiger partial charge in [0.25, 0.3) is 0 Å². The minimum absolute atomic E-state index is 0.000492. The Bertz CT molecular complexity index is 361. The topological polar surface area (TPSA) is 93.1 Å². The van der Waals surface area contributed by atoms with Crippen LogP contribution < -0.4 is 0 Å². The quantitative estimate of drug-likeness (QED) is 0.436. The highest BCUT2D eigenvalue weighted by molar-refractivity contribution is 7.46. The molecule has 0 saturated heterocycles. The Hall–Kier alpha value is -0.680. The van der Waals surface area contributed by atoms with Crippen molar-refractivity contribution < 1.29 is 28.4 Å². The monoisotopic (exact) mass is 278 g/mol. The predicted octanol–water partition coefficient (Wildman–Crippen LogP) is 1.63. The van der Waals surface area contributed by atoms with Gasteiger partial charge in [0.15, 0.2) is 0 Å². The number of esters is 1. The third-order valence-corrected chi connectivity index (χ3v) is 3.45. The second-order valence-corrected chi connectivity index (χ2v) is 5.80. The van der Waals surface area contributed by atoms with Crippen molar-refractivity contribution in [1.82, 2.24) is 0 Å². The first-order valence-electron chi connectivity index (χ1n) is 5.88. The van der Waals surface area contributed by atoms with Crippen LogP contribution in [0.15, 0.2) is 12.2 Å². The zero-order valence-electron chi connectivity index (χ0n) is 10.5. The largest absolute Gasteiger partial charge is 0.469 e. The number of hydrogen-bond donors (Lipinski definition) is 2. The molecule has 1 heterocycles. The maximum atomic E-state index is 11.1. The maximum Gasteiger partial charge on any atom is 0.469 e. The van der Waals surface area contributed by atoms with Gasteiger partial charge in [-0.25, -0.2) is 9.36 Å². The van der Waals surface area contributed by atoms with E-state index in [-0.39, 0.29) is 30.5 Å². The van der Waals surface area contributed by atoms with E-state index in [4.69, 9.17) is 14.5 Å². The number of cyclic esters (lactones) is 1. The van der Waals surface area contributed by atoms with E-state index in [1.807, 2.05) is 19.9 Å². The molecule has 104 valence electrons. The van der Waals surface area contributed by atoms with Gasteiger partial charge >= 0.3 is 13.8 Å². The summed E-state index contributed by atoms with van der Waals surface area (Å²) in [6.45, 7) is 3.92. The van der Waals surface area contributed by atoms with E-state index in [0.717, 1.165) is 0 Å². The third-order valence-electron chi connectivity index (χ3n) is 2.93. The van der Waals surface area contributed by atoms with Gasteiger partial charge in [0.1, 0.15) is 6.10 Å². The molecule has 0 radical (unpaired) electrons. The summed E-state index contributed by atoms with van der Waals surface area (Å²) in [5, 5.41) is 0. The highest BCUT2D eigenvalue weighted by atomic mass is 31.2. The molecule has 0 saturated carbocycles. The van der Waals surface area contributed by atoms with E-state index in [1.165, 1.54) is 6.08 Å². The van der Waals surface area contributed by atoms with Gasteiger partial charge in [-0.1, -0.05) is 19.9 Å². The lowest BCUT2D eigenvalue weighted by Gasteiger charge is -2.29. The molecule has 18 heavy (non-hydrogen) atoms. The molecule has 2 N–H and O–H groups in total. The number of ether oxygens (including phenoxy) is 1. The fourth-order valence-electron chi connectivity index (χ4n) is 2.01. The Morgan fingerprint density at radius 3 is 2.83 bits per heavy atom. The standard InChI is InChI=1S/C11H19O6P/c1-8(4-3-7-16-18(13,14)15)11-9(2)5-6-10(12)17-11/h5-6,8-9,11H,3-4,7H2,1-2H3,(H2,13,14,15)/t8-,9-,11-/m0/s1. The molecule has 0 fully saturated rings. The average Bonchev–Trinajstić information content (AvgIpc) is 2.26. The van der Waals surface area contributed by atoms with Crippen molar-refractivity contribution >= 4 is 13.8 Å². The molecule has 0 bridgehead atoms. The highest BCUT2D eigenvalue weighted by Gasteiger charge is 2.28. The van der Waals surface area contributed by atoms with Crippen LogP contribution in [0.2, 0.25) is 0 Å². The Kier molecular flexibility index (Phi) is 5.53. The van der Waals surface area contributed by atoms with Crippen molar-refractivity contribution in [2.45, 2.75) is 32.8 Å². The molecule has 6 nitrogen and oxygen atoms in total. The summed E-state index contributed by atoms with van der Waals surface area (Å²) < 4.78 is 20.1. The van der Waals surface area contributed by atoms with Crippen LogP contribution in [0.4, 0.5) is 0 Å². The molecule has 0 aromatic carbocycles. The van der Waals surface area contributed by atoms with Crippen molar-refractivity contribution in [2.75, 3.05) is 6.61 Å². The second kappa shape index (κ2) is 6.48. The summed E-state index contributed by atoms with van der Waals surface area (Å²) in [7, 11) is -4.38. The summed E-state index contributed by atoms with van der Waals surface area (Å²) in [4.78, 5) is 28.2. The van der Waals surface area contributed by atoms with Gasteiger partial charge in [-0.3, -0.25) is 4.52 Å². The van der Waals surface area contributed by atoms with Crippen LogP contribution >= 0.6 is 7.82 Å². The molecule has 0 aliphatic carbocycles. The molecule has 0 amide bonds. The first-order chi connectivity index (χ1) is 8.29. The first-order valence-corrected chi connectivity index (χ1v) is 7.41. The minimum Gasteiger partial charge on any atom is -0.458 e. The smallest absolute Gasteiger partial charge is 0.458 e. The van der Waals surface area contributed by atoms with Crippen LogP contribution in [0.5, 0.6) is 0 Å². The summed E-state index contributed by atoms with van der Waals surface area (Å²) >= 11 is 0. The molecular formula is C11H19O6P. The van der Waals surface area contributed by atoms with Crippen LogP contribution in [0.1, 0.15) is 26.7 Å². The summed E-state index contributed by atoms with van der Waals surface area (Å²) in [6, 6.07) is 0. The van der Waals surface area contributed by atoms with Gasteiger partial charge in [-0.05, 0) is 18.8 Å². The lowest BCUT2D eigenvalue weighted by atomic mass is 9.88. The first kappa shape index (κ1) is 15.4. The van der Waals surface area contributed by atoms with Gasteiger partial charge in [-0.2, -0.15) is 0 Å². The number of hydrogen-bond acceptors (Lipinski definition) is 4. The van der Waals surface area contributed by atoms with Gasteiger partial charge in [-0.15, -0.1) is 0 Å². The van der Waals surface area contributed by atoms with Gasteiger partial charge in [0, 0.05) is 12.0 Å². The highest BCUT2D eigenvalue weighted by Crippen LogP contribution is 2.36. The van der Waals surface area contributed by atoms with Gasteiger partial charge in [0.05, 0.1) is 6.61 Å². The van der Waals surface area contributed by atoms with Gasteiger partial charge in [0.2, 0.25) is 0 Å².